The summed E-state index contributed by atoms with van der Waals surface area (Å²) in [6.45, 7) is 0. The lowest BCUT2D eigenvalue weighted by Crippen LogP contribution is -1.98. The van der Waals surface area contributed by atoms with Gasteiger partial charge in [-0.1, -0.05) is 140 Å². The molecule has 0 aliphatic heterocycles. The first kappa shape index (κ1) is 32.0. The van der Waals surface area contributed by atoms with E-state index in [1.165, 1.54) is 71.6 Å². The van der Waals surface area contributed by atoms with E-state index in [4.69, 9.17) is 4.98 Å². The molecule has 3 heteroatoms. The molecular formula is C53H35N3. The van der Waals surface area contributed by atoms with Crippen molar-refractivity contribution >= 4 is 43.6 Å². The van der Waals surface area contributed by atoms with Crippen molar-refractivity contribution in [3.8, 4) is 56.1 Å². The molecular weight excluding hydrogens is 679 g/mol. The minimum absolute atomic E-state index is 0.910. The van der Waals surface area contributed by atoms with Gasteiger partial charge in [0.15, 0.2) is 0 Å². The summed E-state index contributed by atoms with van der Waals surface area (Å²) < 4.78 is 4.66. The highest BCUT2D eigenvalue weighted by molar-refractivity contribution is 6.11. The van der Waals surface area contributed by atoms with Gasteiger partial charge < -0.3 is 4.57 Å². The normalized spacial score (nSPS) is 11.6. The fourth-order valence-corrected chi connectivity index (χ4v) is 8.48. The third-order valence-corrected chi connectivity index (χ3v) is 11.1. The molecule has 0 aliphatic rings. The zero-order chi connectivity index (χ0) is 37.0. The van der Waals surface area contributed by atoms with Gasteiger partial charge in [0, 0.05) is 32.8 Å². The average Bonchev–Trinajstić information content (AvgIpc) is 3.79. The molecule has 3 heterocycles. The van der Waals surface area contributed by atoms with Crippen molar-refractivity contribution in [3.05, 3.63) is 212 Å². The molecule has 0 amide bonds. The van der Waals surface area contributed by atoms with Crippen molar-refractivity contribution in [2.45, 2.75) is 0 Å². The van der Waals surface area contributed by atoms with Crippen LogP contribution >= 0.6 is 0 Å². The zero-order valence-corrected chi connectivity index (χ0v) is 30.5. The van der Waals surface area contributed by atoms with E-state index in [9.17, 15) is 0 Å². The molecule has 0 fully saturated rings. The molecule has 3 aromatic heterocycles. The summed E-state index contributed by atoms with van der Waals surface area (Å²) in [7, 11) is 0. The van der Waals surface area contributed by atoms with Crippen molar-refractivity contribution in [2.24, 2.45) is 0 Å². The molecule has 0 atom stereocenters. The maximum absolute atomic E-state index is 5.14. The predicted octanol–water partition coefficient (Wildman–Crippen LogP) is 13.9. The Kier molecular flexibility index (Phi) is 7.49. The first-order chi connectivity index (χ1) is 27.8. The topological polar surface area (TPSA) is 22.8 Å². The number of para-hydroxylation sites is 3. The van der Waals surface area contributed by atoms with E-state index in [1.54, 1.807) is 0 Å². The fraction of sp³-hybridized carbons (Fsp3) is 0. The van der Waals surface area contributed by atoms with Crippen LogP contribution in [0.2, 0.25) is 0 Å². The van der Waals surface area contributed by atoms with E-state index >= 15 is 0 Å². The number of hydrogen-bond acceptors (Lipinski definition) is 1. The molecule has 11 rings (SSSR count). The highest BCUT2D eigenvalue weighted by atomic mass is 15.1. The molecule has 0 saturated carbocycles. The number of rotatable bonds is 6. The average molecular weight is 714 g/mol. The summed E-state index contributed by atoms with van der Waals surface area (Å²) in [6, 6.07) is 76.2. The maximum atomic E-state index is 5.14. The summed E-state index contributed by atoms with van der Waals surface area (Å²) >= 11 is 0. The van der Waals surface area contributed by atoms with Gasteiger partial charge in [-0.2, -0.15) is 0 Å². The number of hydrogen-bond donors (Lipinski definition) is 0. The van der Waals surface area contributed by atoms with E-state index in [-0.39, 0.29) is 0 Å². The van der Waals surface area contributed by atoms with Crippen molar-refractivity contribution in [1.82, 2.24) is 14.1 Å². The van der Waals surface area contributed by atoms with Crippen molar-refractivity contribution < 1.29 is 0 Å². The second-order valence-electron chi connectivity index (χ2n) is 14.4. The number of fused-ring (bicyclic) bond motifs is 6. The lowest BCUT2D eigenvalue weighted by molar-refractivity contribution is 1.08. The minimum atomic E-state index is 0.910. The molecule has 0 bridgehead atoms. The molecule has 56 heavy (non-hydrogen) atoms. The van der Waals surface area contributed by atoms with Crippen LogP contribution in [0.1, 0.15) is 0 Å². The number of aromatic nitrogens is 3. The lowest BCUT2D eigenvalue weighted by Gasteiger charge is -2.11. The van der Waals surface area contributed by atoms with Gasteiger partial charge in [-0.15, -0.1) is 0 Å². The van der Waals surface area contributed by atoms with Crippen molar-refractivity contribution in [2.75, 3.05) is 0 Å². The largest absolute Gasteiger partial charge is 0.309 e. The Morgan fingerprint density at radius 2 is 0.696 bits per heavy atom. The van der Waals surface area contributed by atoms with E-state index < -0.39 is 0 Å². The smallest absolute Gasteiger partial charge is 0.138 e. The highest BCUT2D eigenvalue weighted by Gasteiger charge is 2.16. The Labute approximate surface area is 325 Å². The summed E-state index contributed by atoms with van der Waals surface area (Å²) in [5.74, 6) is 0.910. The van der Waals surface area contributed by atoms with Gasteiger partial charge in [0.05, 0.1) is 27.8 Å². The van der Waals surface area contributed by atoms with Crippen LogP contribution in [0.3, 0.4) is 0 Å². The second kappa shape index (κ2) is 13.1. The third kappa shape index (κ3) is 5.32. The molecule has 0 saturated heterocycles. The fourth-order valence-electron chi connectivity index (χ4n) is 8.48. The number of nitrogens with zero attached hydrogens (tertiary/aromatic N) is 3. The number of benzene rings is 8. The summed E-state index contributed by atoms with van der Waals surface area (Å²) in [5.41, 5.74) is 15.1. The Morgan fingerprint density at radius 3 is 1.29 bits per heavy atom. The molecule has 0 radical (unpaired) electrons. The molecule has 0 N–H and O–H groups in total. The van der Waals surface area contributed by atoms with Gasteiger partial charge in [0.1, 0.15) is 5.82 Å². The van der Waals surface area contributed by atoms with Crippen LogP contribution in [0.5, 0.6) is 0 Å². The monoisotopic (exact) mass is 713 g/mol. The molecule has 3 nitrogen and oxygen atoms in total. The second-order valence-corrected chi connectivity index (χ2v) is 14.4. The van der Waals surface area contributed by atoms with Gasteiger partial charge in [0.2, 0.25) is 0 Å². The first-order valence-corrected chi connectivity index (χ1v) is 19.1. The zero-order valence-electron chi connectivity index (χ0n) is 30.5. The SMILES string of the molecule is c1ccc(-c2cccc(-n3c4ccccc4c4cc(-c5cccc(-c6cccc(-c7ccc8c(c7)c7ccccc7n8-c7ccccc7)c6)c5)ccc43)n2)cc1. The Morgan fingerprint density at radius 1 is 0.268 bits per heavy atom. The van der Waals surface area contributed by atoms with Crippen molar-refractivity contribution in [1.29, 1.82) is 0 Å². The molecule has 0 unspecified atom stereocenters. The summed E-state index contributed by atoms with van der Waals surface area (Å²) in [6.07, 6.45) is 0. The van der Waals surface area contributed by atoms with E-state index in [0.29, 0.717) is 0 Å². The third-order valence-electron chi connectivity index (χ3n) is 11.1. The predicted molar refractivity (Wildman–Crippen MR) is 235 cm³/mol. The maximum Gasteiger partial charge on any atom is 0.138 e. The Bertz CT molecular complexity index is 3240. The molecule has 11 aromatic rings. The van der Waals surface area contributed by atoms with Crippen LogP contribution in [-0.4, -0.2) is 14.1 Å². The van der Waals surface area contributed by atoms with Crippen LogP contribution in [0.4, 0.5) is 0 Å². The van der Waals surface area contributed by atoms with Gasteiger partial charge in [0.25, 0.3) is 0 Å². The summed E-state index contributed by atoms with van der Waals surface area (Å²) in [5, 5.41) is 4.94. The minimum Gasteiger partial charge on any atom is -0.309 e. The van der Waals surface area contributed by atoms with Gasteiger partial charge in [-0.3, -0.25) is 4.57 Å². The number of pyridine rings is 1. The summed E-state index contributed by atoms with van der Waals surface area (Å²) in [4.78, 5) is 5.14. The van der Waals surface area contributed by atoms with E-state index in [2.05, 4.69) is 215 Å². The van der Waals surface area contributed by atoms with E-state index in [0.717, 1.165) is 28.1 Å². The van der Waals surface area contributed by atoms with Gasteiger partial charge >= 0.3 is 0 Å². The standard InChI is InChI=1S/C53H35N3/c1-3-14-36(15-4-1)48-24-13-27-53(54-48)56-50-26-10-8-23-45(50)47-35-42(29-31-52(47)56)40-19-12-17-38(33-40)37-16-11-18-39(32-37)41-28-30-51-46(34-41)44-22-7-9-25-49(44)55(51)43-20-5-2-6-21-43/h1-35H. The van der Waals surface area contributed by atoms with Crippen LogP contribution in [-0.2, 0) is 0 Å². The van der Waals surface area contributed by atoms with Gasteiger partial charge in [-0.05, 0) is 106 Å². The van der Waals surface area contributed by atoms with Crippen molar-refractivity contribution in [3.63, 3.8) is 0 Å². The highest BCUT2D eigenvalue weighted by Crippen LogP contribution is 2.38. The van der Waals surface area contributed by atoms with Crippen LogP contribution in [0.25, 0.3) is 99.8 Å². The van der Waals surface area contributed by atoms with Gasteiger partial charge in [-0.25, -0.2) is 4.98 Å². The van der Waals surface area contributed by atoms with Crippen LogP contribution < -0.4 is 0 Å². The molecule has 8 aromatic carbocycles. The molecule has 262 valence electrons. The lowest BCUT2D eigenvalue weighted by atomic mass is 9.95. The Balaban J connectivity index is 0.970. The first-order valence-electron chi connectivity index (χ1n) is 19.1. The van der Waals surface area contributed by atoms with Crippen LogP contribution in [0, 0.1) is 0 Å². The quantitative estimate of drug-likeness (QED) is 0.168. The molecule has 0 aliphatic carbocycles. The van der Waals surface area contributed by atoms with E-state index in [1.807, 2.05) is 6.07 Å². The molecule has 0 spiro atoms. The van der Waals surface area contributed by atoms with Crippen LogP contribution in [0.15, 0.2) is 212 Å². The Hall–Kier alpha value is -7.49.